The normalized spacial score (nSPS) is 37.5. The third-order valence-electron chi connectivity index (χ3n) is 11.9. The van der Waals surface area contributed by atoms with Crippen LogP contribution < -0.4 is 0 Å². The minimum atomic E-state index is -1.77. The van der Waals surface area contributed by atoms with Crippen LogP contribution in [0.15, 0.2) is 35.5 Å². The Bertz CT molecular complexity index is 1170. The second-order valence-electron chi connectivity index (χ2n) is 18.6. The second-order valence-corrected chi connectivity index (χ2v) is 32.0. The third-order valence-corrected chi connectivity index (χ3v) is 14.9. The number of hydrogen-bond donors (Lipinski definition) is 0. The van der Waals surface area contributed by atoms with Crippen LogP contribution in [0.1, 0.15) is 70.8 Å². The van der Waals surface area contributed by atoms with Gasteiger partial charge in [-0.1, -0.05) is 49.3 Å². The molecular weight excluding hydrogens is 607 g/mol. The Morgan fingerprint density at radius 1 is 0.800 bits per heavy atom. The lowest BCUT2D eigenvalue weighted by molar-refractivity contribution is -0.168. The summed E-state index contributed by atoms with van der Waals surface area (Å²) in [5, 5.41) is 4.93. The molecular formula is C37H65NO4Si3. The highest BCUT2D eigenvalue weighted by Gasteiger charge is 2.64. The van der Waals surface area contributed by atoms with Gasteiger partial charge < -0.3 is 18.1 Å². The van der Waals surface area contributed by atoms with Gasteiger partial charge in [-0.3, -0.25) is 0 Å². The van der Waals surface area contributed by atoms with Gasteiger partial charge in [0, 0.05) is 18.1 Å². The van der Waals surface area contributed by atoms with Crippen molar-refractivity contribution in [3.63, 3.8) is 0 Å². The molecule has 4 fully saturated rings. The molecule has 9 atom stereocenters. The van der Waals surface area contributed by atoms with Gasteiger partial charge in [0.25, 0.3) is 0 Å². The fourth-order valence-electron chi connectivity index (χ4n) is 10.3. The lowest BCUT2D eigenvalue weighted by Gasteiger charge is -2.64. The van der Waals surface area contributed by atoms with Crippen molar-refractivity contribution in [1.29, 1.82) is 0 Å². The minimum absolute atomic E-state index is 0.143. The molecule has 45 heavy (non-hydrogen) atoms. The molecule has 0 heterocycles. The van der Waals surface area contributed by atoms with Gasteiger partial charge in [0.2, 0.25) is 0 Å². The number of nitrogens with zero attached hydrogens (tertiary/aromatic N) is 1. The van der Waals surface area contributed by atoms with E-state index in [-0.39, 0.29) is 5.41 Å². The van der Waals surface area contributed by atoms with Crippen LogP contribution in [0.5, 0.6) is 0 Å². The summed E-state index contributed by atoms with van der Waals surface area (Å²) in [7, 11) is -5.05. The van der Waals surface area contributed by atoms with Gasteiger partial charge in [-0.2, -0.15) is 0 Å². The molecule has 5 rings (SSSR count). The largest absolute Gasteiger partial charge is 0.415 e. The molecule has 0 aliphatic heterocycles. The van der Waals surface area contributed by atoms with E-state index >= 15 is 0 Å². The van der Waals surface area contributed by atoms with Gasteiger partial charge in [0.1, 0.15) is 6.61 Å². The minimum Gasteiger partial charge on any atom is -0.415 e. The molecule has 1 aromatic carbocycles. The van der Waals surface area contributed by atoms with Crippen molar-refractivity contribution < 1.29 is 18.1 Å². The number of oxime groups is 1. The third kappa shape index (κ3) is 8.27. The van der Waals surface area contributed by atoms with E-state index in [9.17, 15) is 0 Å². The lowest BCUT2D eigenvalue weighted by Crippen LogP contribution is -2.61. The van der Waals surface area contributed by atoms with E-state index in [2.05, 4.69) is 103 Å². The van der Waals surface area contributed by atoms with Crippen LogP contribution in [-0.2, 0) is 24.7 Å². The van der Waals surface area contributed by atoms with Crippen LogP contribution in [0, 0.1) is 40.4 Å². The Kier molecular flexibility index (Phi) is 10.5. The molecule has 4 aliphatic carbocycles. The molecule has 0 N–H and O–H groups in total. The summed E-state index contributed by atoms with van der Waals surface area (Å²) in [6.07, 6.45) is 10.8. The SMILES string of the molecule is C[C@]12CC[C@H](O[Si](C)(C)C)C[C@@H]1CC[C@@H]1[C@@H]2[C@@H](O[Si](C)(C)C)C[C@]2(C)[C@@H](/C(CO[Si](C)(C)C)=N\OCc3ccccc3)CC[C@@H]12. The molecule has 1 aromatic rings. The molecule has 0 unspecified atom stereocenters. The Hall–Kier alpha value is -0.779. The molecule has 4 saturated carbocycles. The number of benzene rings is 1. The van der Waals surface area contributed by atoms with Crippen molar-refractivity contribution >= 4 is 30.7 Å². The average molecular weight is 672 g/mol. The van der Waals surface area contributed by atoms with Crippen molar-refractivity contribution in [2.75, 3.05) is 6.61 Å². The summed E-state index contributed by atoms with van der Waals surface area (Å²) < 4.78 is 20.6. The van der Waals surface area contributed by atoms with Gasteiger partial charge >= 0.3 is 0 Å². The van der Waals surface area contributed by atoms with E-state index in [1.165, 1.54) is 44.9 Å². The van der Waals surface area contributed by atoms with E-state index in [0.717, 1.165) is 29.5 Å². The first-order valence-electron chi connectivity index (χ1n) is 18.1. The van der Waals surface area contributed by atoms with E-state index in [1.807, 2.05) is 0 Å². The predicted octanol–water partition coefficient (Wildman–Crippen LogP) is 10.1. The zero-order chi connectivity index (χ0) is 32.8. The van der Waals surface area contributed by atoms with Gasteiger partial charge in [0.15, 0.2) is 25.0 Å². The molecule has 0 saturated heterocycles. The van der Waals surface area contributed by atoms with Crippen LogP contribution >= 0.6 is 0 Å². The molecule has 0 radical (unpaired) electrons. The van der Waals surface area contributed by atoms with Gasteiger partial charge in [-0.05, 0) is 150 Å². The Labute approximate surface area is 279 Å². The van der Waals surface area contributed by atoms with Crippen molar-refractivity contribution in [3.8, 4) is 0 Å². The monoisotopic (exact) mass is 671 g/mol. The zero-order valence-corrected chi connectivity index (χ0v) is 33.6. The molecule has 254 valence electrons. The maximum atomic E-state index is 7.34. The first-order valence-corrected chi connectivity index (χ1v) is 28.3. The molecule has 0 aromatic heterocycles. The molecule has 0 spiro atoms. The van der Waals surface area contributed by atoms with E-state index in [4.69, 9.17) is 23.3 Å². The lowest BCUT2D eigenvalue weighted by atomic mass is 9.44. The average Bonchev–Trinajstić information content (AvgIpc) is 3.25. The number of rotatable bonds is 11. The highest BCUT2D eigenvalue weighted by molar-refractivity contribution is 6.70. The van der Waals surface area contributed by atoms with Crippen LogP contribution in [0.2, 0.25) is 58.9 Å². The smallest absolute Gasteiger partial charge is 0.184 e. The van der Waals surface area contributed by atoms with Crippen LogP contribution in [0.4, 0.5) is 0 Å². The van der Waals surface area contributed by atoms with E-state index < -0.39 is 25.0 Å². The highest BCUT2D eigenvalue weighted by atomic mass is 28.4. The standard InChI is InChI=1S/C37H65NO4Si3/c1-36-22-21-29(41-44(6,7)8)23-28(36)17-18-30-31-19-20-32(37(31,2)24-34(35(30)36)42-45(9,10)11)33(26-40-43(3,4)5)38-39-25-27-15-13-12-14-16-27/h12-16,28-32,34-35H,17-26H2,1-11H3/b38-33-/t28-,29-,30-,31-,32+,34-,35+,36-,37-/m0/s1. The van der Waals surface area contributed by atoms with Crippen molar-refractivity contribution in [1.82, 2.24) is 0 Å². The fourth-order valence-corrected chi connectivity index (χ4v) is 13.2. The van der Waals surface area contributed by atoms with E-state index in [0.29, 0.717) is 48.6 Å². The van der Waals surface area contributed by atoms with Crippen LogP contribution in [0.25, 0.3) is 0 Å². The zero-order valence-electron chi connectivity index (χ0n) is 30.6. The first-order chi connectivity index (χ1) is 20.9. The summed E-state index contributed by atoms with van der Waals surface area (Å²) >= 11 is 0. The van der Waals surface area contributed by atoms with Crippen molar-refractivity contribution in [3.05, 3.63) is 35.9 Å². The maximum Gasteiger partial charge on any atom is 0.184 e. The second kappa shape index (κ2) is 13.3. The first kappa shape index (κ1) is 35.5. The summed E-state index contributed by atoms with van der Waals surface area (Å²) in [4.78, 5) is 6.12. The molecule has 8 heteroatoms. The molecule has 0 amide bonds. The van der Waals surface area contributed by atoms with Crippen molar-refractivity contribution in [2.24, 2.45) is 45.6 Å². The predicted molar refractivity (Wildman–Crippen MR) is 195 cm³/mol. The molecule has 4 aliphatic rings. The van der Waals surface area contributed by atoms with Crippen LogP contribution in [0.3, 0.4) is 0 Å². The van der Waals surface area contributed by atoms with Crippen LogP contribution in [-0.4, -0.2) is 49.5 Å². The summed E-state index contributed by atoms with van der Waals surface area (Å²) in [5.41, 5.74) is 2.77. The maximum absolute atomic E-state index is 7.34. The van der Waals surface area contributed by atoms with Crippen molar-refractivity contribution in [2.45, 2.75) is 143 Å². The quantitative estimate of drug-likeness (QED) is 0.133. The van der Waals surface area contributed by atoms with Gasteiger partial charge in [-0.15, -0.1) is 0 Å². The Morgan fingerprint density at radius 2 is 1.49 bits per heavy atom. The summed E-state index contributed by atoms with van der Waals surface area (Å²) in [5.74, 6) is 3.18. The van der Waals surface area contributed by atoms with Gasteiger partial charge in [0.05, 0.1) is 12.3 Å². The Morgan fingerprint density at radius 3 is 2.13 bits per heavy atom. The van der Waals surface area contributed by atoms with E-state index in [1.54, 1.807) is 0 Å². The summed E-state index contributed by atoms with van der Waals surface area (Å²) in [6.45, 7) is 27.4. The highest BCUT2D eigenvalue weighted by Crippen LogP contribution is 2.68. The topological polar surface area (TPSA) is 49.3 Å². The summed E-state index contributed by atoms with van der Waals surface area (Å²) in [6, 6.07) is 10.4. The molecule has 0 bridgehead atoms. The number of hydrogen-bond acceptors (Lipinski definition) is 5. The molecule has 5 nitrogen and oxygen atoms in total. The Balaban J connectivity index is 1.43. The van der Waals surface area contributed by atoms with Gasteiger partial charge in [-0.25, -0.2) is 0 Å². The fraction of sp³-hybridized carbons (Fsp3) is 0.811. The number of fused-ring (bicyclic) bond motifs is 5.